The van der Waals surface area contributed by atoms with Crippen LogP contribution in [0, 0.1) is 0 Å². The van der Waals surface area contributed by atoms with E-state index < -0.39 is 5.97 Å². The van der Waals surface area contributed by atoms with Crippen LogP contribution in [0.3, 0.4) is 0 Å². The van der Waals surface area contributed by atoms with Crippen molar-refractivity contribution in [3.05, 3.63) is 34.9 Å². The van der Waals surface area contributed by atoms with Crippen molar-refractivity contribution in [1.82, 2.24) is 0 Å². The first-order valence-electron chi connectivity index (χ1n) is 8.54. The van der Waals surface area contributed by atoms with Crippen LogP contribution in [-0.4, -0.2) is 11.1 Å². The predicted molar refractivity (Wildman–Crippen MR) is 89.1 cm³/mol. The molecule has 0 spiro atoms. The molecule has 1 N–H and O–H groups in total. The molecule has 0 saturated carbocycles. The molecule has 0 saturated heterocycles. The number of unbranched alkanes of at least 4 members (excludes halogenated alkanes) is 6. The molecule has 2 heteroatoms. The molecule has 0 heterocycles. The average molecular weight is 290 g/mol. The maximum Gasteiger partial charge on any atom is 0.335 e. The molecule has 1 rings (SSSR count). The van der Waals surface area contributed by atoms with Gasteiger partial charge in [0, 0.05) is 0 Å². The molecule has 0 aliphatic carbocycles. The number of rotatable bonds is 11. The third-order valence-electron chi connectivity index (χ3n) is 4.02. The highest BCUT2D eigenvalue weighted by molar-refractivity contribution is 5.89. The number of aromatic carboxylic acids is 1. The van der Waals surface area contributed by atoms with Crippen LogP contribution in [0.4, 0.5) is 0 Å². The molecule has 0 aromatic heterocycles. The van der Waals surface area contributed by atoms with Gasteiger partial charge in [-0.05, 0) is 42.9 Å². The van der Waals surface area contributed by atoms with E-state index >= 15 is 0 Å². The summed E-state index contributed by atoms with van der Waals surface area (Å²) >= 11 is 0. The lowest BCUT2D eigenvalue weighted by molar-refractivity contribution is 0.0695. The van der Waals surface area contributed by atoms with Crippen LogP contribution in [0.1, 0.15) is 86.7 Å². The predicted octanol–water partition coefficient (Wildman–Crippen LogP) is 5.63. The molecule has 0 aliphatic rings. The number of hydrogen-bond donors (Lipinski definition) is 1. The molecule has 0 atom stereocenters. The minimum atomic E-state index is -0.782. The van der Waals surface area contributed by atoms with Gasteiger partial charge in [-0.3, -0.25) is 0 Å². The van der Waals surface area contributed by atoms with Gasteiger partial charge in [-0.25, -0.2) is 4.79 Å². The summed E-state index contributed by atoms with van der Waals surface area (Å²) in [6.45, 7) is 4.39. The number of benzene rings is 1. The molecule has 1 aromatic rings. The van der Waals surface area contributed by atoms with E-state index in [4.69, 9.17) is 0 Å². The summed E-state index contributed by atoms with van der Waals surface area (Å²) < 4.78 is 0. The number of carboxylic acids is 1. The van der Waals surface area contributed by atoms with Crippen molar-refractivity contribution < 1.29 is 9.90 Å². The van der Waals surface area contributed by atoms with Gasteiger partial charge in [0.25, 0.3) is 0 Å². The Balaban J connectivity index is 2.61. The fourth-order valence-electron chi connectivity index (χ4n) is 2.69. The highest BCUT2D eigenvalue weighted by Crippen LogP contribution is 2.18. The lowest BCUT2D eigenvalue weighted by Gasteiger charge is -2.09. The van der Waals surface area contributed by atoms with E-state index in [2.05, 4.69) is 19.9 Å². The van der Waals surface area contributed by atoms with Crippen LogP contribution >= 0.6 is 0 Å². The van der Waals surface area contributed by atoms with Crippen LogP contribution in [0.5, 0.6) is 0 Å². The molecular formula is C19H30O2. The van der Waals surface area contributed by atoms with Gasteiger partial charge in [0.1, 0.15) is 0 Å². The summed E-state index contributed by atoms with van der Waals surface area (Å²) in [5.41, 5.74) is 2.68. The molecule has 118 valence electrons. The number of carbonyl (C=O) groups is 1. The first kappa shape index (κ1) is 17.7. The minimum Gasteiger partial charge on any atom is -0.478 e. The Bertz CT molecular complexity index is 424. The lowest BCUT2D eigenvalue weighted by Crippen LogP contribution is -2.04. The second-order valence-electron chi connectivity index (χ2n) is 5.92. The van der Waals surface area contributed by atoms with E-state index in [9.17, 15) is 9.90 Å². The van der Waals surface area contributed by atoms with E-state index in [1.807, 2.05) is 12.1 Å². The van der Waals surface area contributed by atoms with Gasteiger partial charge in [-0.1, -0.05) is 64.5 Å². The molecule has 0 unspecified atom stereocenters. The van der Waals surface area contributed by atoms with Crippen molar-refractivity contribution in [2.45, 2.75) is 78.1 Å². The van der Waals surface area contributed by atoms with Crippen molar-refractivity contribution in [2.24, 2.45) is 0 Å². The number of hydrogen-bond acceptors (Lipinski definition) is 1. The largest absolute Gasteiger partial charge is 0.478 e. The van der Waals surface area contributed by atoms with Crippen molar-refractivity contribution in [3.63, 3.8) is 0 Å². The van der Waals surface area contributed by atoms with Gasteiger partial charge in [0.15, 0.2) is 0 Å². The maximum absolute atomic E-state index is 11.4. The van der Waals surface area contributed by atoms with Crippen LogP contribution < -0.4 is 0 Å². The van der Waals surface area contributed by atoms with Gasteiger partial charge in [0.2, 0.25) is 0 Å². The molecular weight excluding hydrogens is 260 g/mol. The Kier molecular flexibility index (Phi) is 8.80. The molecule has 0 amide bonds. The first-order chi connectivity index (χ1) is 10.2. The highest BCUT2D eigenvalue weighted by atomic mass is 16.4. The van der Waals surface area contributed by atoms with E-state index in [0.717, 1.165) is 31.2 Å². The molecule has 0 bridgehead atoms. The summed E-state index contributed by atoms with van der Waals surface area (Å²) in [5.74, 6) is -0.782. The lowest BCUT2D eigenvalue weighted by atomic mass is 9.96. The Morgan fingerprint density at radius 3 is 2.10 bits per heavy atom. The zero-order chi connectivity index (χ0) is 15.5. The molecule has 0 aliphatic heterocycles. The number of carboxylic acid groups (broad SMARTS) is 1. The van der Waals surface area contributed by atoms with E-state index in [1.54, 1.807) is 0 Å². The van der Waals surface area contributed by atoms with E-state index in [-0.39, 0.29) is 0 Å². The Morgan fingerprint density at radius 1 is 0.905 bits per heavy atom. The van der Waals surface area contributed by atoms with Gasteiger partial charge >= 0.3 is 5.97 Å². The van der Waals surface area contributed by atoms with Gasteiger partial charge in [-0.15, -0.1) is 0 Å². The monoisotopic (exact) mass is 290 g/mol. The Morgan fingerprint density at radius 2 is 1.52 bits per heavy atom. The first-order valence-corrected chi connectivity index (χ1v) is 8.54. The third kappa shape index (κ3) is 6.79. The summed E-state index contributed by atoms with van der Waals surface area (Å²) in [5, 5.41) is 9.40. The number of aryl methyl sites for hydroxylation is 2. The standard InChI is InChI=1S/C19H30O2/c1-3-5-7-9-11-16-13-14-17(12-10-8-6-4-2)18(15-16)19(20)21/h13-15H,3-12H2,1-2H3,(H,20,21). The summed E-state index contributed by atoms with van der Waals surface area (Å²) in [7, 11) is 0. The highest BCUT2D eigenvalue weighted by Gasteiger charge is 2.10. The van der Waals surface area contributed by atoms with Gasteiger partial charge in [-0.2, -0.15) is 0 Å². The second kappa shape index (κ2) is 10.4. The Hall–Kier alpha value is -1.31. The van der Waals surface area contributed by atoms with E-state index in [1.165, 1.54) is 44.1 Å². The zero-order valence-corrected chi connectivity index (χ0v) is 13.7. The summed E-state index contributed by atoms with van der Waals surface area (Å²) in [4.78, 5) is 11.4. The van der Waals surface area contributed by atoms with Crippen LogP contribution in [-0.2, 0) is 12.8 Å². The van der Waals surface area contributed by atoms with Gasteiger partial charge < -0.3 is 5.11 Å². The van der Waals surface area contributed by atoms with Gasteiger partial charge in [0.05, 0.1) is 5.56 Å². The maximum atomic E-state index is 11.4. The molecule has 0 fully saturated rings. The minimum absolute atomic E-state index is 0.513. The van der Waals surface area contributed by atoms with Crippen molar-refractivity contribution >= 4 is 5.97 Å². The smallest absolute Gasteiger partial charge is 0.335 e. The molecule has 2 nitrogen and oxygen atoms in total. The van der Waals surface area contributed by atoms with Crippen molar-refractivity contribution in [3.8, 4) is 0 Å². The zero-order valence-electron chi connectivity index (χ0n) is 13.7. The molecule has 21 heavy (non-hydrogen) atoms. The summed E-state index contributed by atoms with van der Waals surface area (Å²) in [6.07, 6.45) is 11.5. The summed E-state index contributed by atoms with van der Waals surface area (Å²) in [6, 6.07) is 6.04. The third-order valence-corrected chi connectivity index (χ3v) is 4.02. The van der Waals surface area contributed by atoms with Crippen molar-refractivity contribution in [1.29, 1.82) is 0 Å². The fraction of sp³-hybridized carbons (Fsp3) is 0.632. The fourth-order valence-corrected chi connectivity index (χ4v) is 2.69. The van der Waals surface area contributed by atoms with Crippen LogP contribution in [0.15, 0.2) is 18.2 Å². The van der Waals surface area contributed by atoms with Crippen molar-refractivity contribution in [2.75, 3.05) is 0 Å². The Labute approximate surface area is 129 Å². The second-order valence-corrected chi connectivity index (χ2v) is 5.92. The topological polar surface area (TPSA) is 37.3 Å². The molecule has 0 radical (unpaired) electrons. The normalized spacial score (nSPS) is 10.8. The van der Waals surface area contributed by atoms with Crippen LogP contribution in [0.2, 0.25) is 0 Å². The van der Waals surface area contributed by atoms with Crippen LogP contribution in [0.25, 0.3) is 0 Å². The molecule has 1 aromatic carbocycles. The average Bonchev–Trinajstić information content (AvgIpc) is 2.48. The quantitative estimate of drug-likeness (QED) is 0.536. The van der Waals surface area contributed by atoms with E-state index in [0.29, 0.717) is 5.56 Å². The SMILES string of the molecule is CCCCCCc1ccc(CCCCCC)c(C(=O)O)c1.